The lowest BCUT2D eigenvalue weighted by Gasteiger charge is -2.14. The van der Waals surface area contributed by atoms with Crippen LogP contribution < -0.4 is 11.1 Å². The van der Waals surface area contributed by atoms with Crippen LogP contribution in [-0.2, 0) is 13.2 Å². The largest absolute Gasteiger partial charge is 0.417 e. The molecule has 0 aliphatic rings. The summed E-state index contributed by atoms with van der Waals surface area (Å²) in [5.41, 5.74) is 4.51. The number of nitrogens with zero attached hydrogens (tertiary/aromatic N) is 2. The van der Waals surface area contributed by atoms with E-state index in [1.807, 2.05) is 0 Å². The molecule has 1 heterocycles. The van der Waals surface area contributed by atoms with Gasteiger partial charge < -0.3 is 11.1 Å². The zero-order chi connectivity index (χ0) is 14.9. The van der Waals surface area contributed by atoms with Crippen LogP contribution in [0.4, 0.5) is 24.7 Å². The third-order valence-corrected chi connectivity index (χ3v) is 2.80. The number of halogens is 3. The molecule has 0 amide bonds. The van der Waals surface area contributed by atoms with Gasteiger partial charge in [0.2, 0.25) is 0 Å². The highest BCUT2D eigenvalue weighted by Crippen LogP contribution is 2.34. The van der Waals surface area contributed by atoms with Gasteiger partial charge in [-0.1, -0.05) is 12.2 Å². The van der Waals surface area contributed by atoms with Crippen molar-refractivity contribution in [3.8, 4) is 0 Å². The van der Waals surface area contributed by atoms with Crippen molar-refractivity contribution in [2.45, 2.75) is 6.18 Å². The van der Waals surface area contributed by atoms with Gasteiger partial charge in [-0.2, -0.15) is 18.3 Å². The van der Waals surface area contributed by atoms with Crippen LogP contribution in [0.2, 0.25) is 0 Å². The summed E-state index contributed by atoms with van der Waals surface area (Å²) in [6.45, 7) is 0. The maximum absolute atomic E-state index is 13.0. The Morgan fingerprint density at radius 1 is 1.35 bits per heavy atom. The smallest absolute Gasteiger partial charge is 0.389 e. The number of thiocarbonyl (C=S) groups is 1. The molecule has 0 saturated heterocycles. The number of aromatic nitrogens is 2. The average molecular weight is 300 g/mol. The van der Waals surface area contributed by atoms with Crippen LogP contribution in [0.15, 0.2) is 30.5 Å². The molecule has 4 nitrogen and oxygen atoms in total. The van der Waals surface area contributed by atoms with Crippen LogP contribution >= 0.6 is 12.2 Å². The molecule has 0 bridgehead atoms. The van der Waals surface area contributed by atoms with Gasteiger partial charge >= 0.3 is 6.18 Å². The predicted molar refractivity (Wildman–Crippen MR) is 73.8 cm³/mol. The van der Waals surface area contributed by atoms with Crippen LogP contribution in [0.1, 0.15) is 11.1 Å². The van der Waals surface area contributed by atoms with Crippen LogP contribution in [-0.4, -0.2) is 14.8 Å². The molecule has 1 aromatic heterocycles. The second kappa shape index (κ2) is 5.12. The van der Waals surface area contributed by atoms with Gasteiger partial charge in [0.15, 0.2) is 5.82 Å². The number of nitrogens with one attached hydrogen (secondary N) is 1. The first-order valence-corrected chi connectivity index (χ1v) is 5.96. The number of anilines is 2. The Kier molecular flexibility index (Phi) is 3.67. The Morgan fingerprint density at radius 3 is 2.55 bits per heavy atom. The monoisotopic (exact) mass is 300 g/mol. The number of aryl methyl sites for hydroxylation is 1. The molecule has 3 N–H and O–H groups in total. The van der Waals surface area contributed by atoms with Gasteiger partial charge in [-0.3, -0.25) is 4.68 Å². The fraction of sp³-hybridized carbons (Fsp3) is 0.167. The highest BCUT2D eigenvalue weighted by Gasteiger charge is 2.34. The molecule has 1 aromatic carbocycles. The summed E-state index contributed by atoms with van der Waals surface area (Å²) >= 11 is 4.64. The molecule has 0 atom stereocenters. The van der Waals surface area contributed by atoms with Crippen molar-refractivity contribution >= 4 is 28.7 Å². The van der Waals surface area contributed by atoms with Crippen LogP contribution in [0.3, 0.4) is 0 Å². The fourth-order valence-corrected chi connectivity index (χ4v) is 1.88. The zero-order valence-corrected chi connectivity index (χ0v) is 11.2. The Morgan fingerprint density at radius 2 is 2.05 bits per heavy atom. The van der Waals surface area contributed by atoms with E-state index < -0.39 is 11.7 Å². The zero-order valence-electron chi connectivity index (χ0n) is 10.4. The van der Waals surface area contributed by atoms with Gasteiger partial charge in [-0.15, -0.1) is 0 Å². The summed E-state index contributed by atoms with van der Waals surface area (Å²) in [5, 5.41) is 6.82. The molecular formula is C12H11F3N4S. The lowest BCUT2D eigenvalue weighted by atomic mass is 10.1. The highest BCUT2D eigenvalue weighted by molar-refractivity contribution is 7.80. The average Bonchev–Trinajstić information content (AvgIpc) is 2.73. The van der Waals surface area contributed by atoms with Crippen LogP contribution in [0.25, 0.3) is 0 Å². The maximum atomic E-state index is 13.0. The Labute approximate surface area is 118 Å². The molecule has 0 aliphatic carbocycles. The van der Waals surface area contributed by atoms with Crippen molar-refractivity contribution in [1.29, 1.82) is 0 Å². The van der Waals surface area contributed by atoms with Crippen molar-refractivity contribution in [3.05, 3.63) is 41.6 Å². The molecule has 0 radical (unpaired) electrons. The molecule has 8 heteroatoms. The number of hydrogen-bond donors (Lipinski definition) is 2. The molecule has 106 valence electrons. The summed E-state index contributed by atoms with van der Waals surface area (Å²) in [4.78, 5) is -0.290. The molecular weight excluding hydrogens is 289 g/mol. The van der Waals surface area contributed by atoms with Gasteiger partial charge in [0, 0.05) is 30.6 Å². The van der Waals surface area contributed by atoms with Crippen molar-refractivity contribution in [2.24, 2.45) is 12.8 Å². The van der Waals surface area contributed by atoms with Gasteiger partial charge in [-0.05, 0) is 18.2 Å². The second-order valence-corrected chi connectivity index (χ2v) is 4.56. The first-order valence-electron chi connectivity index (χ1n) is 5.55. The molecule has 20 heavy (non-hydrogen) atoms. The van der Waals surface area contributed by atoms with E-state index >= 15 is 0 Å². The normalized spacial score (nSPS) is 11.4. The molecule has 0 saturated carbocycles. The Balaban J connectivity index is 2.39. The van der Waals surface area contributed by atoms with Gasteiger partial charge in [0.25, 0.3) is 0 Å². The Bertz CT molecular complexity index is 648. The maximum Gasteiger partial charge on any atom is 0.417 e. The second-order valence-electron chi connectivity index (χ2n) is 4.12. The summed E-state index contributed by atoms with van der Waals surface area (Å²) in [7, 11) is 1.71. The molecule has 0 aliphatic heterocycles. The number of hydrogen-bond acceptors (Lipinski definition) is 3. The number of nitrogens with two attached hydrogens (primary N) is 1. The lowest BCUT2D eigenvalue weighted by molar-refractivity contribution is -0.137. The Hall–Kier alpha value is -2.09. The van der Waals surface area contributed by atoms with Gasteiger partial charge in [0.1, 0.15) is 4.99 Å². The summed E-state index contributed by atoms with van der Waals surface area (Å²) in [5.74, 6) is 0.448. The quantitative estimate of drug-likeness (QED) is 0.856. The van der Waals surface area contributed by atoms with Crippen molar-refractivity contribution in [2.75, 3.05) is 5.32 Å². The van der Waals surface area contributed by atoms with E-state index in [0.29, 0.717) is 5.82 Å². The van der Waals surface area contributed by atoms with Crippen LogP contribution in [0, 0.1) is 0 Å². The van der Waals surface area contributed by atoms with E-state index in [9.17, 15) is 13.2 Å². The van der Waals surface area contributed by atoms with E-state index in [0.717, 1.165) is 6.07 Å². The van der Waals surface area contributed by atoms with Gasteiger partial charge in [0.05, 0.1) is 5.56 Å². The van der Waals surface area contributed by atoms with E-state index in [1.54, 1.807) is 19.3 Å². The van der Waals surface area contributed by atoms with E-state index in [4.69, 9.17) is 5.73 Å². The molecule has 0 unspecified atom stereocenters. The third kappa shape index (κ3) is 3.08. The van der Waals surface area contributed by atoms with Crippen LogP contribution in [0.5, 0.6) is 0 Å². The van der Waals surface area contributed by atoms with Crippen molar-refractivity contribution in [1.82, 2.24) is 9.78 Å². The minimum atomic E-state index is -4.53. The molecule has 0 fully saturated rings. The van der Waals surface area contributed by atoms with E-state index in [1.165, 1.54) is 16.8 Å². The molecule has 0 spiro atoms. The molecule has 2 rings (SSSR count). The van der Waals surface area contributed by atoms with Crippen molar-refractivity contribution in [3.63, 3.8) is 0 Å². The minimum Gasteiger partial charge on any atom is -0.389 e. The topological polar surface area (TPSA) is 55.9 Å². The number of rotatable bonds is 3. The lowest BCUT2D eigenvalue weighted by Crippen LogP contribution is -2.18. The standard InChI is InChI=1S/C12H11F3N4S/c1-19-5-4-10(18-19)17-7-2-3-8(11(16)20)9(6-7)12(13,14)15/h2-6H,1H3,(H2,16,20)(H,17,18). The summed E-state index contributed by atoms with van der Waals surface area (Å²) < 4.78 is 40.4. The minimum absolute atomic E-state index is 0.195. The first kappa shape index (κ1) is 14.3. The number of alkyl halides is 3. The van der Waals surface area contributed by atoms with E-state index in [2.05, 4.69) is 22.6 Å². The van der Waals surface area contributed by atoms with Gasteiger partial charge in [-0.25, -0.2) is 0 Å². The summed E-state index contributed by atoms with van der Waals surface area (Å²) in [6.07, 6.45) is -2.85. The SMILES string of the molecule is Cn1ccc(Nc2ccc(C(N)=S)c(C(F)(F)F)c2)n1. The predicted octanol–water partition coefficient (Wildman–Crippen LogP) is 2.82. The highest BCUT2D eigenvalue weighted by atomic mass is 32.1. The fourth-order valence-electron chi connectivity index (χ4n) is 1.70. The van der Waals surface area contributed by atoms with E-state index in [-0.39, 0.29) is 16.2 Å². The number of benzene rings is 1. The van der Waals surface area contributed by atoms with Crippen molar-refractivity contribution < 1.29 is 13.2 Å². The molecule has 2 aromatic rings. The summed E-state index contributed by atoms with van der Waals surface area (Å²) in [6, 6.07) is 5.33. The third-order valence-electron chi connectivity index (χ3n) is 2.58. The first-order chi connectivity index (χ1) is 9.27.